The molecule has 0 bridgehead atoms. The second-order valence-corrected chi connectivity index (χ2v) is 17.6. The molecule has 0 fully saturated rings. The van der Waals surface area contributed by atoms with Crippen molar-refractivity contribution < 1.29 is 75.9 Å². The number of hydrogen-bond acceptors (Lipinski definition) is 16. The Balaban J connectivity index is 1.00. The Kier molecular flexibility index (Phi) is 15.8. The third-order valence-corrected chi connectivity index (χ3v) is 13.4. The zero-order chi connectivity index (χ0) is 51.9. The summed E-state index contributed by atoms with van der Waals surface area (Å²) in [4.78, 5) is 29.1. The van der Waals surface area contributed by atoms with Crippen LogP contribution in [0.25, 0.3) is 0 Å². The van der Waals surface area contributed by atoms with Gasteiger partial charge in [-0.15, -0.1) is 0 Å². The summed E-state index contributed by atoms with van der Waals surface area (Å²) in [5.74, 6) is 5.40. The molecule has 0 unspecified atom stereocenters. The average Bonchev–Trinajstić information content (AvgIpc) is 3.49. The van der Waals surface area contributed by atoms with Gasteiger partial charge in [0.1, 0.15) is 26.4 Å². The van der Waals surface area contributed by atoms with Crippen LogP contribution in [-0.4, -0.2) is 121 Å². The maximum absolute atomic E-state index is 14.6. The van der Waals surface area contributed by atoms with Gasteiger partial charge in [0.25, 0.3) is 0 Å². The third-order valence-electron chi connectivity index (χ3n) is 13.4. The van der Waals surface area contributed by atoms with Gasteiger partial charge in [-0.3, -0.25) is 9.59 Å². The van der Waals surface area contributed by atoms with Crippen LogP contribution in [0.5, 0.6) is 69.0 Å². The Morgan fingerprint density at radius 3 is 0.676 bits per heavy atom. The van der Waals surface area contributed by atoms with Gasteiger partial charge >= 0.3 is 0 Å². The molecule has 9 rings (SSSR count). The quantitative estimate of drug-likeness (QED) is 0.142. The first-order valence-corrected chi connectivity index (χ1v) is 24.2. The number of ketones is 2. The lowest BCUT2D eigenvalue weighted by Crippen LogP contribution is -2.16. The summed E-state index contributed by atoms with van der Waals surface area (Å²) in [7, 11) is 12.4. The molecule has 6 aromatic rings. The van der Waals surface area contributed by atoms with Crippen LogP contribution < -0.4 is 56.8 Å². The molecular weight excluding hydrogens is 953 g/mol. The van der Waals surface area contributed by atoms with Gasteiger partial charge in [0, 0.05) is 22.3 Å². The molecule has 388 valence electrons. The molecular formula is C58H60O16. The van der Waals surface area contributed by atoms with Crippen LogP contribution in [-0.2, 0) is 35.2 Å². The summed E-state index contributed by atoms with van der Waals surface area (Å²) in [6.45, 7) is 1.75. The molecule has 0 N–H and O–H groups in total. The van der Waals surface area contributed by atoms with Gasteiger partial charge in [0.05, 0.1) is 83.3 Å². The topological polar surface area (TPSA) is 163 Å². The molecule has 0 aromatic heterocycles. The fraction of sp³-hybridized carbons (Fsp3) is 0.345. The normalized spacial score (nSPS) is 14.8. The van der Waals surface area contributed by atoms with Crippen LogP contribution in [0.2, 0.25) is 0 Å². The van der Waals surface area contributed by atoms with Crippen LogP contribution in [0, 0.1) is 0 Å². The first kappa shape index (κ1) is 51.1. The van der Waals surface area contributed by atoms with Gasteiger partial charge in [-0.2, -0.15) is 0 Å². The van der Waals surface area contributed by atoms with Crippen LogP contribution in [0.1, 0.15) is 76.4 Å². The van der Waals surface area contributed by atoms with Gasteiger partial charge in [0.2, 0.25) is 0 Å². The molecule has 1 aliphatic heterocycles. The summed E-state index contributed by atoms with van der Waals surface area (Å²) in [6.07, 6.45) is 1.51. The van der Waals surface area contributed by atoms with Crippen molar-refractivity contribution in [3.63, 3.8) is 0 Å². The lowest BCUT2D eigenvalue weighted by atomic mass is 9.93. The second-order valence-electron chi connectivity index (χ2n) is 17.6. The van der Waals surface area contributed by atoms with E-state index < -0.39 is 0 Å². The fourth-order valence-corrected chi connectivity index (χ4v) is 9.67. The van der Waals surface area contributed by atoms with Crippen molar-refractivity contribution in [2.45, 2.75) is 25.7 Å². The molecule has 0 atom stereocenters. The van der Waals surface area contributed by atoms with E-state index in [1.165, 1.54) is 0 Å². The number of hydrogen-bond donors (Lipinski definition) is 0. The van der Waals surface area contributed by atoms with Crippen LogP contribution in [0.4, 0.5) is 0 Å². The Labute approximate surface area is 430 Å². The molecule has 16 heteroatoms. The van der Waals surface area contributed by atoms with Crippen molar-refractivity contribution in [2.75, 3.05) is 110 Å². The lowest BCUT2D eigenvalue weighted by Gasteiger charge is -2.20. The number of carbonyl (C=O) groups excluding carboxylic acids is 2. The van der Waals surface area contributed by atoms with Crippen molar-refractivity contribution in [3.8, 4) is 69.0 Å². The number of rotatable bonds is 8. The molecule has 0 amide bonds. The number of fused-ring (bicyclic) bond motifs is 8. The largest absolute Gasteiger partial charge is 0.493 e. The summed E-state index contributed by atoms with van der Waals surface area (Å²) >= 11 is 0. The average molecular weight is 1010 g/mol. The standard InChI is InChI=1S/C58H60O16/c1-61-45-25-37-17-33-21-53-54(22-34(33)18-38-26-46(62-2)50(66-6)30-42(38)57(59)41(37)29-49(45)65-5)72-14-10-70-12-16-74-56-24-36-20-40-28-48(64-4)52(68-8)32-44(40)58(60)43-31-51(67-7)47(63-3)27-39(43)19-35(36)23-55(56)73-15-11-69-9-13-71-53/h21-32H,9-20H2,1-8H3. The predicted octanol–water partition coefficient (Wildman–Crippen LogP) is 8.47. The van der Waals surface area contributed by atoms with Gasteiger partial charge in [-0.1, -0.05) is 0 Å². The SMILES string of the molecule is COc1cc2c(cc1OC)C(=O)c1cc(OC)c(OC)cc1Cc1cc3c(cc1C2)OCCOCCOc1cc2c(cc1OCCOCCO3)Cc1cc(OC)c(OC)cc1C(=O)c1cc(OC)c(OC)cc1C2. The van der Waals surface area contributed by atoms with Gasteiger partial charge in [-0.05, 0) is 143 Å². The fourth-order valence-electron chi connectivity index (χ4n) is 9.67. The van der Waals surface area contributed by atoms with E-state index in [-0.39, 0.29) is 64.4 Å². The molecule has 74 heavy (non-hydrogen) atoms. The minimum absolute atomic E-state index is 0.188. The smallest absolute Gasteiger partial charge is 0.193 e. The van der Waals surface area contributed by atoms with E-state index in [1.807, 2.05) is 48.5 Å². The van der Waals surface area contributed by atoms with E-state index in [2.05, 4.69) is 0 Å². The van der Waals surface area contributed by atoms with E-state index in [0.717, 1.165) is 44.5 Å². The highest BCUT2D eigenvalue weighted by Gasteiger charge is 2.29. The van der Waals surface area contributed by atoms with Gasteiger partial charge < -0.3 is 66.3 Å². The van der Waals surface area contributed by atoms with E-state index in [9.17, 15) is 9.59 Å². The first-order valence-electron chi connectivity index (χ1n) is 24.2. The zero-order valence-corrected chi connectivity index (χ0v) is 42.9. The third kappa shape index (κ3) is 10.5. The highest BCUT2D eigenvalue weighted by molar-refractivity contribution is 6.12. The van der Waals surface area contributed by atoms with Crippen LogP contribution in [0.15, 0.2) is 72.8 Å². The van der Waals surface area contributed by atoms with Crippen LogP contribution in [0.3, 0.4) is 0 Å². The molecule has 2 aliphatic carbocycles. The Morgan fingerprint density at radius 1 is 0.270 bits per heavy atom. The molecule has 1 heterocycles. The summed E-state index contributed by atoms with van der Waals surface area (Å²) in [5, 5.41) is 0. The molecule has 0 spiro atoms. The van der Waals surface area contributed by atoms with Crippen molar-refractivity contribution in [2.24, 2.45) is 0 Å². The van der Waals surface area contributed by atoms with E-state index >= 15 is 0 Å². The molecule has 6 aromatic carbocycles. The minimum Gasteiger partial charge on any atom is -0.493 e. The number of carbonyl (C=O) groups is 2. The highest BCUT2D eigenvalue weighted by Crippen LogP contribution is 2.43. The van der Waals surface area contributed by atoms with Crippen molar-refractivity contribution in [3.05, 3.63) is 140 Å². The number of methoxy groups -OCH3 is 8. The van der Waals surface area contributed by atoms with Crippen LogP contribution >= 0.6 is 0 Å². The Morgan fingerprint density at radius 2 is 0.473 bits per heavy atom. The zero-order valence-electron chi connectivity index (χ0n) is 42.9. The van der Waals surface area contributed by atoms with E-state index in [4.69, 9.17) is 66.3 Å². The minimum atomic E-state index is -0.188. The maximum atomic E-state index is 14.6. The molecule has 0 saturated carbocycles. The number of benzene rings is 6. The summed E-state index contributed by atoms with van der Waals surface area (Å²) < 4.78 is 83.4. The predicted molar refractivity (Wildman–Crippen MR) is 273 cm³/mol. The van der Waals surface area contributed by atoms with Crippen molar-refractivity contribution in [1.82, 2.24) is 0 Å². The monoisotopic (exact) mass is 1010 g/mol. The van der Waals surface area contributed by atoms with Gasteiger partial charge in [-0.25, -0.2) is 0 Å². The first-order chi connectivity index (χ1) is 36.1. The Bertz CT molecular complexity index is 2670. The molecule has 3 aliphatic rings. The maximum Gasteiger partial charge on any atom is 0.193 e. The number of ether oxygens (including phenoxy) is 14. The molecule has 0 saturated heterocycles. The second kappa shape index (κ2) is 22.9. The van der Waals surface area contributed by atoms with Crippen molar-refractivity contribution in [1.29, 1.82) is 0 Å². The van der Waals surface area contributed by atoms with Gasteiger partial charge in [0.15, 0.2) is 80.6 Å². The summed E-state index contributed by atoms with van der Waals surface area (Å²) in [5.41, 5.74) is 8.53. The molecule has 16 nitrogen and oxygen atoms in total. The lowest BCUT2D eigenvalue weighted by molar-refractivity contribution is 0.0639. The van der Waals surface area contributed by atoms with E-state index in [1.54, 1.807) is 81.1 Å². The Hall–Kier alpha value is -7.82. The molecule has 0 radical (unpaired) electrons. The van der Waals surface area contributed by atoms with E-state index in [0.29, 0.717) is 117 Å². The van der Waals surface area contributed by atoms with Crippen molar-refractivity contribution >= 4 is 11.6 Å². The summed E-state index contributed by atoms with van der Waals surface area (Å²) in [6, 6.07) is 22.2. The highest BCUT2D eigenvalue weighted by atomic mass is 16.6.